The van der Waals surface area contributed by atoms with Crippen molar-refractivity contribution in [2.24, 2.45) is 0 Å². The van der Waals surface area contributed by atoms with Crippen LogP contribution in [-0.4, -0.2) is 6.61 Å². The second-order valence-corrected chi connectivity index (χ2v) is 4.74. The van der Waals surface area contributed by atoms with Crippen molar-refractivity contribution in [1.82, 2.24) is 0 Å². The zero-order valence-electron chi connectivity index (χ0n) is 11.2. The third kappa shape index (κ3) is 2.04. The Hall–Kier alpha value is -2.32. The van der Waals surface area contributed by atoms with Crippen molar-refractivity contribution < 1.29 is 9.47 Å². The zero-order chi connectivity index (χ0) is 14.0. The van der Waals surface area contributed by atoms with E-state index >= 15 is 0 Å². The summed E-state index contributed by atoms with van der Waals surface area (Å²) in [6.45, 7) is 8.04. The van der Waals surface area contributed by atoms with E-state index in [0.29, 0.717) is 12.4 Å². The summed E-state index contributed by atoms with van der Waals surface area (Å²) in [7, 11) is 0. The third-order valence-electron chi connectivity index (χ3n) is 3.40. The molecule has 0 aliphatic carbocycles. The van der Waals surface area contributed by atoms with E-state index in [0.717, 1.165) is 16.7 Å². The molecule has 0 amide bonds. The lowest BCUT2D eigenvalue weighted by atomic mass is 9.96. The average molecular weight is 264 g/mol. The number of hydrogen-bond acceptors (Lipinski definition) is 2. The van der Waals surface area contributed by atoms with Crippen LogP contribution >= 0.6 is 0 Å². The van der Waals surface area contributed by atoms with E-state index < -0.39 is 5.79 Å². The standard InChI is InChI=1S/C18H16O2/c1-3-15-9-11-17(12-10-15)18(19-13-14(2)20-18)16-7-5-4-6-8-16/h3-12H,1-2,13H2. The lowest BCUT2D eigenvalue weighted by molar-refractivity contribution is -0.120. The smallest absolute Gasteiger partial charge is 0.264 e. The Bertz CT molecular complexity index is 628. The summed E-state index contributed by atoms with van der Waals surface area (Å²) in [6, 6.07) is 17.9. The van der Waals surface area contributed by atoms with Crippen LogP contribution in [0.2, 0.25) is 0 Å². The molecule has 0 saturated carbocycles. The summed E-state index contributed by atoms with van der Waals surface area (Å²) >= 11 is 0. The SMILES string of the molecule is C=Cc1ccc(C2(c3ccccc3)OCC(=C)O2)cc1. The van der Waals surface area contributed by atoms with Gasteiger partial charge in [-0.05, 0) is 5.56 Å². The van der Waals surface area contributed by atoms with Crippen molar-refractivity contribution in [3.05, 3.63) is 90.2 Å². The van der Waals surface area contributed by atoms with Crippen LogP contribution in [0.25, 0.3) is 6.08 Å². The van der Waals surface area contributed by atoms with Gasteiger partial charge in [0.05, 0.1) is 0 Å². The maximum atomic E-state index is 5.95. The van der Waals surface area contributed by atoms with Gasteiger partial charge in [0.2, 0.25) is 0 Å². The Balaban J connectivity index is 2.10. The molecule has 100 valence electrons. The van der Waals surface area contributed by atoms with E-state index in [-0.39, 0.29) is 0 Å². The van der Waals surface area contributed by atoms with Gasteiger partial charge >= 0.3 is 0 Å². The van der Waals surface area contributed by atoms with Crippen molar-refractivity contribution >= 4 is 6.08 Å². The minimum Gasteiger partial charge on any atom is -0.456 e. The Morgan fingerprint density at radius 3 is 2.15 bits per heavy atom. The predicted molar refractivity (Wildman–Crippen MR) is 79.9 cm³/mol. The van der Waals surface area contributed by atoms with Crippen molar-refractivity contribution in [3.63, 3.8) is 0 Å². The first-order chi connectivity index (χ1) is 9.74. The summed E-state index contributed by atoms with van der Waals surface area (Å²) in [5, 5.41) is 0. The minimum absolute atomic E-state index is 0.401. The largest absolute Gasteiger partial charge is 0.456 e. The number of benzene rings is 2. The van der Waals surface area contributed by atoms with Crippen LogP contribution in [0.5, 0.6) is 0 Å². The van der Waals surface area contributed by atoms with E-state index in [4.69, 9.17) is 9.47 Å². The van der Waals surface area contributed by atoms with Gasteiger partial charge in [-0.2, -0.15) is 0 Å². The van der Waals surface area contributed by atoms with Crippen molar-refractivity contribution in [3.8, 4) is 0 Å². The second kappa shape index (κ2) is 4.99. The molecule has 1 saturated heterocycles. The van der Waals surface area contributed by atoms with Crippen molar-refractivity contribution in [2.45, 2.75) is 5.79 Å². The lowest BCUT2D eigenvalue weighted by Crippen LogP contribution is -2.28. The summed E-state index contributed by atoms with van der Waals surface area (Å²) in [4.78, 5) is 0. The Labute approximate surface area is 119 Å². The first-order valence-corrected chi connectivity index (χ1v) is 6.54. The van der Waals surface area contributed by atoms with Gasteiger partial charge in [-0.3, -0.25) is 0 Å². The molecule has 2 heteroatoms. The molecule has 2 aromatic rings. The Morgan fingerprint density at radius 1 is 0.950 bits per heavy atom. The molecular weight excluding hydrogens is 248 g/mol. The van der Waals surface area contributed by atoms with Crippen LogP contribution in [-0.2, 0) is 15.3 Å². The average Bonchev–Trinajstić information content (AvgIpc) is 2.92. The molecule has 0 spiro atoms. The monoisotopic (exact) mass is 264 g/mol. The molecule has 1 aliphatic rings. The molecule has 0 bridgehead atoms. The van der Waals surface area contributed by atoms with Crippen LogP contribution in [0.4, 0.5) is 0 Å². The molecule has 2 aromatic carbocycles. The van der Waals surface area contributed by atoms with Gasteiger partial charge in [0.25, 0.3) is 5.79 Å². The van der Waals surface area contributed by atoms with Gasteiger partial charge in [0, 0.05) is 11.1 Å². The molecule has 3 rings (SSSR count). The van der Waals surface area contributed by atoms with E-state index in [2.05, 4.69) is 13.2 Å². The molecule has 1 heterocycles. The molecular formula is C18H16O2. The Morgan fingerprint density at radius 2 is 1.60 bits per heavy atom. The fraction of sp³-hybridized carbons (Fsp3) is 0.111. The minimum atomic E-state index is -0.891. The van der Waals surface area contributed by atoms with Crippen LogP contribution in [0, 0.1) is 0 Å². The fourth-order valence-electron chi connectivity index (χ4n) is 2.39. The van der Waals surface area contributed by atoms with Crippen LogP contribution < -0.4 is 0 Å². The van der Waals surface area contributed by atoms with Crippen LogP contribution in [0.1, 0.15) is 16.7 Å². The van der Waals surface area contributed by atoms with Crippen LogP contribution in [0.3, 0.4) is 0 Å². The third-order valence-corrected chi connectivity index (χ3v) is 3.40. The zero-order valence-corrected chi connectivity index (χ0v) is 11.2. The lowest BCUT2D eigenvalue weighted by Gasteiger charge is -2.28. The van der Waals surface area contributed by atoms with E-state index in [9.17, 15) is 0 Å². The summed E-state index contributed by atoms with van der Waals surface area (Å²) in [6.07, 6.45) is 1.81. The number of hydrogen-bond donors (Lipinski definition) is 0. The van der Waals surface area contributed by atoms with Gasteiger partial charge in [-0.25, -0.2) is 0 Å². The molecule has 1 aliphatic heterocycles. The normalized spacial score (nSPS) is 21.5. The first kappa shape index (κ1) is 12.7. The highest BCUT2D eigenvalue weighted by Gasteiger charge is 2.42. The van der Waals surface area contributed by atoms with Gasteiger partial charge in [-0.1, -0.05) is 73.8 Å². The number of rotatable bonds is 3. The van der Waals surface area contributed by atoms with Gasteiger partial charge < -0.3 is 9.47 Å². The Kier molecular flexibility index (Phi) is 3.17. The van der Waals surface area contributed by atoms with E-state index in [1.54, 1.807) is 0 Å². The fourth-order valence-corrected chi connectivity index (χ4v) is 2.39. The van der Waals surface area contributed by atoms with Crippen LogP contribution in [0.15, 0.2) is 73.5 Å². The van der Waals surface area contributed by atoms with Gasteiger partial charge in [0.1, 0.15) is 12.4 Å². The van der Waals surface area contributed by atoms with Gasteiger partial charge in [0.15, 0.2) is 0 Å². The van der Waals surface area contributed by atoms with Crippen molar-refractivity contribution in [1.29, 1.82) is 0 Å². The maximum absolute atomic E-state index is 5.95. The summed E-state index contributed by atoms with van der Waals surface area (Å²) < 4.78 is 11.9. The molecule has 1 atom stereocenters. The molecule has 20 heavy (non-hydrogen) atoms. The van der Waals surface area contributed by atoms with E-state index in [1.165, 1.54) is 0 Å². The highest BCUT2D eigenvalue weighted by atomic mass is 16.7. The highest BCUT2D eigenvalue weighted by Crippen LogP contribution is 2.41. The second-order valence-electron chi connectivity index (χ2n) is 4.74. The summed E-state index contributed by atoms with van der Waals surface area (Å²) in [5.74, 6) is -0.250. The highest BCUT2D eigenvalue weighted by molar-refractivity contribution is 5.49. The molecule has 1 fully saturated rings. The topological polar surface area (TPSA) is 18.5 Å². The molecule has 0 radical (unpaired) electrons. The van der Waals surface area contributed by atoms with Gasteiger partial charge in [-0.15, -0.1) is 0 Å². The molecule has 2 nitrogen and oxygen atoms in total. The summed E-state index contributed by atoms with van der Waals surface area (Å²) in [5.41, 5.74) is 2.98. The van der Waals surface area contributed by atoms with Crippen molar-refractivity contribution in [2.75, 3.05) is 6.61 Å². The van der Waals surface area contributed by atoms with E-state index in [1.807, 2.05) is 60.7 Å². The first-order valence-electron chi connectivity index (χ1n) is 6.54. The molecule has 1 unspecified atom stereocenters. The predicted octanol–water partition coefficient (Wildman–Crippen LogP) is 4.09. The molecule has 0 N–H and O–H groups in total. The molecule has 0 aromatic heterocycles. The quantitative estimate of drug-likeness (QED) is 0.831. The number of ether oxygens (including phenoxy) is 2. The maximum Gasteiger partial charge on any atom is 0.264 e.